The van der Waals surface area contributed by atoms with Gasteiger partial charge in [0, 0.05) is 19.5 Å². The van der Waals surface area contributed by atoms with Crippen molar-refractivity contribution in [3.05, 3.63) is 43.2 Å². The van der Waals surface area contributed by atoms with Crippen LogP contribution in [-0.4, -0.2) is 4.98 Å². The van der Waals surface area contributed by atoms with Gasteiger partial charge in [0.2, 0.25) is 0 Å². The molecule has 1 heterocycles. The van der Waals surface area contributed by atoms with Crippen molar-refractivity contribution in [2.45, 2.75) is 13.5 Å². The van der Waals surface area contributed by atoms with Gasteiger partial charge in [-0.05, 0) is 41.1 Å². The minimum atomic E-state index is 0.816. The number of hydrogen-bond acceptors (Lipinski definition) is 3. The minimum absolute atomic E-state index is 0.816. The molecule has 0 radical (unpaired) electrons. The summed E-state index contributed by atoms with van der Waals surface area (Å²) < 4.78 is 2.13. The van der Waals surface area contributed by atoms with Crippen molar-refractivity contribution in [2.24, 2.45) is 0 Å². The van der Waals surface area contributed by atoms with Crippen molar-refractivity contribution < 1.29 is 0 Å². The SMILES string of the molecule is Cc1ncsc1CNc1ccc(Br)cc1Br. The molecule has 0 saturated heterocycles. The molecule has 0 aliphatic carbocycles. The highest BCUT2D eigenvalue weighted by Gasteiger charge is 2.03. The fourth-order valence-electron chi connectivity index (χ4n) is 1.30. The number of halogens is 2. The Balaban J connectivity index is 2.08. The maximum absolute atomic E-state index is 4.22. The quantitative estimate of drug-likeness (QED) is 0.864. The Morgan fingerprint density at radius 3 is 2.81 bits per heavy atom. The number of anilines is 1. The lowest BCUT2D eigenvalue weighted by Gasteiger charge is -2.08. The van der Waals surface area contributed by atoms with Crippen LogP contribution in [0.1, 0.15) is 10.6 Å². The van der Waals surface area contributed by atoms with Crippen LogP contribution in [0.2, 0.25) is 0 Å². The van der Waals surface area contributed by atoms with E-state index in [0.29, 0.717) is 0 Å². The predicted molar refractivity (Wildman–Crippen MR) is 76.0 cm³/mol. The van der Waals surface area contributed by atoms with E-state index in [-0.39, 0.29) is 0 Å². The number of aryl methyl sites for hydroxylation is 1. The molecular weight excluding hydrogens is 352 g/mol. The molecule has 0 aliphatic heterocycles. The second-order valence-corrected chi connectivity index (χ2v) is 6.05. The second kappa shape index (κ2) is 5.29. The maximum Gasteiger partial charge on any atom is 0.0798 e. The third kappa shape index (κ3) is 2.84. The fraction of sp³-hybridized carbons (Fsp3) is 0.182. The Bertz CT molecular complexity index is 496. The van der Waals surface area contributed by atoms with E-state index in [1.54, 1.807) is 11.3 Å². The van der Waals surface area contributed by atoms with E-state index >= 15 is 0 Å². The lowest BCUT2D eigenvalue weighted by molar-refractivity contribution is 1.12. The molecule has 2 nitrogen and oxygen atoms in total. The van der Waals surface area contributed by atoms with Gasteiger partial charge >= 0.3 is 0 Å². The van der Waals surface area contributed by atoms with Crippen LogP contribution in [0, 0.1) is 6.92 Å². The van der Waals surface area contributed by atoms with Crippen molar-refractivity contribution in [2.75, 3.05) is 5.32 Å². The number of rotatable bonds is 3. The minimum Gasteiger partial charge on any atom is -0.379 e. The molecule has 2 rings (SSSR count). The number of nitrogens with zero attached hydrogens (tertiary/aromatic N) is 1. The van der Waals surface area contributed by atoms with Gasteiger partial charge in [-0.15, -0.1) is 11.3 Å². The van der Waals surface area contributed by atoms with E-state index in [1.165, 1.54) is 4.88 Å². The van der Waals surface area contributed by atoms with Crippen LogP contribution >= 0.6 is 43.2 Å². The Hall–Kier alpha value is -0.390. The molecule has 0 amide bonds. The number of benzene rings is 1. The summed E-state index contributed by atoms with van der Waals surface area (Å²) in [5, 5.41) is 3.39. The summed E-state index contributed by atoms with van der Waals surface area (Å²) in [7, 11) is 0. The molecule has 5 heteroatoms. The van der Waals surface area contributed by atoms with E-state index in [0.717, 1.165) is 26.9 Å². The highest BCUT2D eigenvalue weighted by Crippen LogP contribution is 2.27. The van der Waals surface area contributed by atoms with Crippen molar-refractivity contribution in [1.29, 1.82) is 0 Å². The van der Waals surface area contributed by atoms with E-state index in [2.05, 4.69) is 42.2 Å². The van der Waals surface area contributed by atoms with Gasteiger partial charge < -0.3 is 5.32 Å². The van der Waals surface area contributed by atoms with Gasteiger partial charge in [0.15, 0.2) is 0 Å². The molecule has 0 fully saturated rings. The summed E-state index contributed by atoms with van der Waals surface area (Å²) in [6.45, 7) is 2.85. The summed E-state index contributed by atoms with van der Waals surface area (Å²) in [6, 6.07) is 6.10. The van der Waals surface area contributed by atoms with Gasteiger partial charge in [-0.1, -0.05) is 15.9 Å². The van der Waals surface area contributed by atoms with Gasteiger partial charge in [-0.2, -0.15) is 0 Å². The third-order valence-electron chi connectivity index (χ3n) is 2.22. The maximum atomic E-state index is 4.22. The first-order valence-corrected chi connectivity index (χ1v) is 7.21. The molecule has 16 heavy (non-hydrogen) atoms. The zero-order valence-corrected chi connectivity index (χ0v) is 12.6. The van der Waals surface area contributed by atoms with Gasteiger partial charge in [0.05, 0.1) is 17.7 Å². The molecule has 1 aromatic carbocycles. The highest BCUT2D eigenvalue weighted by molar-refractivity contribution is 9.11. The zero-order chi connectivity index (χ0) is 11.5. The van der Waals surface area contributed by atoms with Gasteiger partial charge in [-0.3, -0.25) is 0 Å². The largest absolute Gasteiger partial charge is 0.379 e. The molecular formula is C11H10Br2N2S. The Kier molecular flexibility index (Phi) is 4.00. The first kappa shape index (κ1) is 12.1. The summed E-state index contributed by atoms with van der Waals surface area (Å²) in [6.07, 6.45) is 0. The molecule has 1 aromatic heterocycles. The molecule has 0 atom stereocenters. The van der Waals surface area contributed by atoms with Crippen molar-refractivity contribution in [1.82, 2.24) is 4.98 Å². The average molecular weight is 362 g/mol. The summed E-state index contributed by atoms with van der Waals surface area (Å²) >= 11 is 8.64. The lowest BCUT2D eigenvalue weighted by Crippen LogP contribution is -1.99. The lowest BCUT2D eigenvalue weighted by atomic mass is 10.3. The van der Waals surface area contributed by atoms with E-state index in [1.807, 2.05) is 30.6 Å². The van der Waals surface area contributed by atoms with Crippen molar-refractivity contribution in [3.8, 4) is 0 Å². The van der Waals surface area contributed by atoms with Crippen LogP contribution in [0.5, 0.6) is 0 Å². The molecule has 0 spiro atoms. The topological polar surface area (TPSA) is 24.9 Å². The Morgan fingerprint density at radius 1 is 1.38 bits per heavy atom. The van der Waals surface area contributed by atoms with Crippen molar-refractivity contribution >= 4 is 48.9 Å². The van der Waals surface area contributed by atoms with E-state index in [4.69, 9.17) is 0 Å². The summed E-state index contributed by atoms with van der Waals surface area (Å²) in [5.41, 5.74) is 4.07. The molecule has 2 aromatic rings. The van der Waals surface area contributed by atoms with E-state index < -0.39 is 0 Å². The van der Waals surface area contributed by atoms with Gasteiger partial charge in [-0.25, -0.2) is 4.98 Å². The Labute approximate surface area is 115 Å². The summed E-state index contributed by atoms with van der Waals surface area (Å²) in [5.74, 6) is 0. The van der Waals surface area contributed by atoms with Gasteiger partial charge in [0.25, 0.3) is 0 Å². The van der Waals surface area contributed by atoms with Crippen LogP contribution < -0.4 is 5.32 Å². The average Bonchev–Trinajstić information content (AvgIpc) is 2.63. The highest BCUT2D eigenvalue weighted by atomic mass is 79.9. The molecule has 0 aliphatic rings. The van der Waals surface area contributed by atoms with Crippen LogP contribution in [0.25, 0.3) is 0 Å². The van der Waals surface area contributed by atoms with Crippen LogP contribution in [0.15, 0.2) is 32.7 Å². The van der Waals surface area contributed by atoms with Gasteiger partial charge in [0.1, 0.15) is 0 Å². The number of hydrogen-bond donors (Lipinski definition) is 1. The van der Waals surface area contributed by atoms with Crippen LogP contribution in [-0.2, 0) is 6.54 Å². The first-order valence-electron chi connectivity index (χ1n) is 4.74. The molecule has 0 saturated carbocycles. The monoisotopic (exact) mass is 360 g/mol. The van der Waals surface area contributed by atoms with Crippen LogP contribution in [0.3, 0.4) is 0 Å². The predicted octanol–water partition coefficient (Wildman–Crippen LogP) is 4.59. The van der Waals surface area contributed by atoms with Crippen molar-refractivity contribution in [3.63, 3.8) is 0 Å². The zero-order valence-electron chi connectivity index (χ0n) is 8.63. The number of nitrogens with one attached hydrogen (secondary N) is 1. The normalized spacial score (nSPS) is 10.4. The standard InChI is InChI=1S/C11H10Br2N2S/c1-7-11(16-6-15-7)5-14-10-3-2-8(12)4-9(10)13/h2-4,6,14H,5H2,1H3. The number of aromatic nitrogens is 1. The Morgan fingerprint density at radius 2 is 2.19 bits per heavy atom. The molecule has 0 unspecified atom stereocenters. The first-order chi connectivity index (χ1) is 7.66. The smallest absolute Gasteiger partial charge is 0.0798 e. The number of thiazole rings is 1. The fourth-order valence-corrected chi connectivity index (χ4v) is 3.21. The second-order valence-electron chi connectivity index (χ2n) is 3.34. The third-order valence-corrected chi connectivity index (χ3v) is 4.30. The molecule has 84 valence electrons. The van der Waals surface area contributed by atoms with E-state index in [9.17, 15) is 0 Å². The molecule has 1 N–H and O–H groups in total. The summed E-state index contributed by atoms with van der Waals surface area (Å²) in [4.78, 5) is 5.50. The molecule has 0 bridgehead atoms. The van der Waals surface area contributed by atoms with Crippen LogP contribution in [0.4, 0.5) is 5.69 Å².